The number of halogens is 1. The predicted molar refractivity (Wildman–Crippen MR) is 88.7 cm³/mol. The molecule has 0 aliphatic heterocycles. The lowest BCUT2D eigenvalue weighted by Crippen LogP contribution is -2.39. The van der Waals surface area contributed by atoms with E-state index in [1.165, 1.54) is 31.5 Å². The third-order valence-corrected chi connectivity index (χ3v) is 4.03. The van der Waals surface area contributed by atoms with Crippen LogP contribution in [-0.4, -0.2) is 36.1 Å². The third kappa shape index (κ3) is 5.39. The van der Waals surface area contributed by atoms with Crippen LogP contribution in [0.25, 0.3) is 0 Å². The van der Waals surface area contributed by atoms with Crippen molar-refractivity contribution in [2.75, 3.05) is 18.5 Å². The summed E-state index contributed by atoms with van der Waals surface area (Å²) >= 11 is 6.08. The van der Waals surface area contributed by atoms with E-state index in [1.807, 2.05) is 0 Å². The molecule has 0 aromatic carbocycles. The monoisotopic (exact) mass is 339 g/mol. The predicted octanol–water partition coefficient (Wildman–Crippen LogP) is 2.77. The molecule has 1 fully saturated rings. The molecule has 0 spiro atoms. The molecule has 1 aromatic rings. The first kappa shape index (κ1) is 17.5. The molecule has 1 saturated carbocycles. The summed E-state index contributed by atoms with van der Waals surface area (Å²) in [6.45, 7) is 2.12. The number of carbonyl (C=O) groups excluding carboxylic acids is 2. The Morgan fingerprint density at radius 3 is 2.74 bits per heavy atom. The fourth-order valence-corrected chi connectivity index (χ4v) is 2.82. The van der Waals surface area contributed by atoms with E-state index >= 15 is 0 Å². The number of pyridine rings is 1. The van der Waals surface area contributed by atoms with Crippen molar-refractivity contribution in [2.45, 2.75) is 45.1 Å². The smallest absolute Gasteiger partial charge is 0.339 e. The number of hydrogen-bond acceptors (Lipinski definition) is 5. The summed E-state index contributed by atoms with van der Waals surface area (Å²) in [4.78, 5) is 27.6. The van der Waals surface area contributed by atoms with Gasteiger partial charge < -0.3 is 15.4 Å². The minimum absolute atomic E-state index is 0.0794. The number of amides is 1. The van der Waals surface area contributed by atoms with Gasteiger partial charge in [0.05, 0.1) is 23.7 Å². The maximum Gasteiger partial charge on any atom is 0.339 e. The molecule has 1 aliphatic rings. The fourth-order valence-electron chi connectivity index (χ4n) is 2.58. The summed E-state index contributed by atoms with van der Waals surface area (Å²) < 4.78 is 4.88. The Balaban J connectivity index is 1.85. The van der Waals surface area contributed by atoms with Crippen molar-refractivity contribution < 1.29 is 14.3 Å². The molecule has 1 amide bonds. The molecule has 126 valence electrons. The van der Waals surface area contributed by atoms with Crippen LogP contribution in [0.2, 0.25) is 5.02 Å². The number of nitrogens with one attached hydrogen (secondary N) is 2. The first-order valence-corrected chi connectivity index (χ1v) is 8.34. The second-order valence-electron chi connectivity index (χ2n) is 5.53. The normalized spacial score (nSPS) is 15.0. The standard InChI is InChI=1S/C16H22ClN3O3/c1-2-23-16(22)11-8-13(17)15(18-9-11)19-10-14(21)20-12-6-4-3-5-7-12/h8-9,12H,2-7,10H2,1H3,(H,18,19)(H,20,21). The highest BCUT2D eigenvalue weighted by Gasteiger charge is 2.16. The summed E-state index contributed by atoms with van der Waals surface area (Å²) in [5, 5.41) is 6.18. The van der Waals surface area contributed by atoms with E-state index in [0.29, 0.717) is 5.82 Å². The van der Waals surface area contributed by atoms with Crippen LogP contribution in [0, 0.1) is 0 Å². The highest BCUT2D eigenvalue weighted by Crippen LogP contribution is 2.20. The lowest BCUT2D eigenvalue weighted by molar-refractivity contribution is -0.120. The minimum Gasteiger partial charge on any atom is -0.462 e. The molecule has 0 radical (unpaired) electrons. The zero-order valence-electron chi connectivity index (χ0n) is 13.2. The number of esters is 1. The van der Waals surface area contributed by atoms with Gasteiger partial charge in [0.15, 0.2) is 0 Å². The molecule has 0 saturated heterocycles. The molecule has 0 unspecified atom stereocenters. The Bertz CT molecular complexity index is 560. The van der Waals surface area contributed by atoms with Gasteiger partial charge in [-0.2, -0.15) is 0 Å². The Morgan fingerprint density at radius 2 is 2.09 bits per heavy atom. The number of rotatable bonds is 6. The first-order valence-electron chi connectivity index (χ1n) is 7.96. The quantitative estimate of drug-likeness (QED) is 0.779. The highest BCUT2D eigenvalue weighted by atomic mass is 35.5. The number of aromatic nitrogens is 1. The summed E-state index contributed by atoms with van der Waals surface area (Å²) in [6.07, 6.45) is 7.04. The zero-order chi connectivity index (χ0) is 16.7. The Labute approximate surface area is 140 Å². The van der Waals surface area contributed by atoms with Crippen molar-refractivity contribution in [3.05, 3.63) is 22.8 Å². The molecule has 7 heteroatoms. The van der Waals surface area contributed by atoms with Gasteiger partial charge in [-0.1, -0.05) is 30.9 Å². The summed E-state index contributed by atoms with van der Waals surface area (Å²) in [5.41, 5.74) is 0.286. The number of ether oxygens (including phenoxy) is 1. The van der Waals surface area contributed by atoms with Crippen molar-refractivity contribution in [1.82, 2.24) is 10.3 Å². The molecule has 1 heterocycles. The van der Waals surface area contributed by atoms with Gasteiger partial charge in [-0.25, -0.2) is 9.78 Å². The SMILES string of the molecule is CCOC(=O)c1cnc(NCC(=O)NC2CCCCC2)c(Cl)c1. The van der Waals surface area contributed by atoms with E-state index < -0.39 is 5.97 Å². The van der Waals surface area contributed by atoms with E-state index in [1.54, 1.807) is 6.92 Å². The van der Waals surface area contributed by atoms with Crippen LogP contribution < -0.4 is 10.6 Å². The molecule has 2 rings (SSSR count). The molecule has 23 heavy (non-hydrogen) atoms. The second kappa shape index (κ2) is 8.72. The Kier molecular flexibility index (Phi) is 6.65. The van der Waals surface area contributed by atoms with Gasteiger partial charge in [-0.05, 0) is 25.8 Å². The average Bonchev–Trinajstić information content (AvgIpc) is 2.55. The molecular formula is C16H22ClN3O3. The highest BCUT2D eigenvalue weighted by molar-refractivity contribution is 6.33. The molecule has 1 aliphatic carbocycles. The fraction of sp³-hybridized carbons (Fsp3) is 0.562. The second-order valence-corrected chi connectivity index (χ2v) is 5.94. The van der Waals surface area contributed by atoms with Crippen LogP contribution in [0.5, 0.6) is 0 Å². The van der Waals surface area contributed by atoms with Gasteiger partial charge in [-0.3, -0.25) is 4.79 Å². The first-order chi connectivity index (χ1) is 11.1. The molecule has 0 atom stereocenters. The minimum atomic E-state index is -0.469. The van der Waals surface area contributed by atoms with Crippen molar-refractivity contribution in [3.63, 3.8) is 0 Å². The van der Waals surface area contributed by atoms with E-state index in [9.17, 15) is 9.59 Å². The molecule has 2 N–H and O–H groups in total. The van der Waals surface area contributed by atoms with Crippen LogP contribution in [0.15, 0.2) is 12.3 Å². The number of hydrogen-bond donors (Lipinski definition) is 2. The summed E-state index contributed by atoms with van der Waals surface area (Å²) in [7, 11) is 0. The maximum absolute atomic E-state index is 11.9. The van der Waals surface area contributed by atoms with E-state index in [4.69, 9.17) is 16.3 Å². The van der Waals surface area contributed by atoms with E-state index in [2.05, 4.69) is 15.6 Å². The lowest BCUT2D eigenvalue weighted by atomic mass is 9.95. The third-order valence-electron chi connectivity index (χ3n) is 3.74. The topological polar surface area (TPSA) is 80.3 Å². The van der Waals surface area contributed by atoms with Gasteiger partial charge in [0.25, 0.3) is 0 Å². The van der Waals surface area contributed by atoms with Gasteiger partial charge >= 0.3 is 5.97 Å². The average molecular weight is 340 g/mol. The maximum atomic E-state index is 11.9. The van der Waals surface area contributed by atoms with E-state index in [-0.39, 0.29) is 35.7 Å². The summed E-state index contributed by atoms with van der Waals surface area (Å²) in [5.74, 6) is -0.175. The van der Waals surface area contributed by atoms with Crippen molar-refractivity contribution >= 4 is 29.3 Å². The van der Waals surface area contributed by atoms with Crippen LogP contribution in [0.3, 0.4) is 0 Å². The van der Waals surface area contributed by atoms with Crippen LogP contribution in [0.1, 0.15) is 49.4 Å². The van der Waals surface area contributed by atoms with Gasteiger partial charge in [0, 0.05) is 12.2 Å². The molecule has 1 aromatic heterocycles. The summed E-state index contributed by atoms with van der Waals surface area (Å²) in [6, 6.07) is 1.75. The zero-order valence-corrected chi connectivity index (χ0v) is 14.0. The van der Waals surface area contributed by atoms with Gasteiger partial charge in [-0.15, -0.1) is 0 Å². The number of anilines is 1. The Morgan fingerprint density at radius 1 is 1.35 bits per heavy atom. The molecule has 6 nitrogen and oxygen atoms in total. The van der Waals surface area contributed by atoms with Gasteiger partial charge in [0.2, 0.25) is 5.91 Å². The van der Waals surface area contributed by atoms with Gasteiger partial charge in [0.1, 0.15) is 5.82 Å². The largest absolute Gasteiger partial charge is 0.462 e. The number of carbonyl (C=O) groups is 2. The molecule has 0 bridgehead atoms. The van der Waals surface area contributed by atoms with Crippen LogP contribution in [0.4, 0.5) is 5.82 Å². The van der Waals surface area contributed by atoms with Crippen LogP contribution >= 0.6 is 11.6 Å². The van der Waals surface area contributed by atoms with Crippen molar-refractivity contribution in [1.29, 1.82) is 0 Å². The number of nitrogens with zero attached hydrogens (tertiary/aromatic N) is 1. The van der Waals surface area contributed by atoms with Crippen molar-refractivity contribution in [2.24, 2.45) is 0 Å². The van der Waals surface area contributed by atoms with E-state index in [0.717, 1.165) is 12.8 Å². The van der Waals surface area contributed by atoms with Crippen molar-refractivity contribution in [3.8, 4) is 0 Å². The molecular weight excluding hydrogens is 318 g/mol. The van der Waals surface area contributed by atoms with Crippen LogP contribution in [-0.2, 0) is 9.53 Å². The Hall–Kier alpha value is -1.82. The lowest BCUT2D eigenvalue weighted by Gasteiger charge is -2.22.